The first-order valence-corrected chi connectivity index (χ1v) is 15.5. The second-order valence-corrected chi connectivity index (χ2v) is 12.5. The summed E-state index contributed by atoms with van der Waals surface area (Å²) in [5.41, 5.74) is 7.29. The first kappa shape index (κ1) is 23.7. The first-order valence-electron chi connectivity index (χ1n) is 15.5. The lowest BCUT2D eigenvalue weighted by atomic mass is 9.71. The average molecular weight is 517 g/mol. The fourth-order valence-corrected chi connectivity index (χ4v) is 8.77. The number of rotatable bonds is 4. The van der Waals surface area contributed by atoms with Gasteiger partial charge in [0, 0.05) is 35.3 Å². The summed E-state index contributed by atoms with van der Waals surface area (Å²) in [6.07, 6.45) is 32.3. The number of allylic oxidation sites excluding steroid dienone is 9. The molecule has 1 saturated carbocycles. The van der Waals surface area contributed by atoms with Crippen LogP contribution in [0.3, 0.4) is 0 Å². The number of ether oxygens (including phenoxy) is 1. The summed E-state index contributed by atoms with van der Waals surface area (Å²) < 4.78 is 6.40. The molecule has 0 spiro atoms. The van der Waals surface area contributed by atoms with Crippen LogP contribution in [0.4, 0.5) is 0 Å². The SMILES string of the molecule is C1=CCCC(NC2CC3C4CCCCC4N(C4=CC5=C(CC4)OC4C=CC=CC54)C3C=C2c2ccccc2)=C1. The van der Waals surface area contributed by atoms with Crippen LogP contribution < -0.4 is 5.32 Å². The third kappa shape index (κ3) is 4.08. The molecule has 8 rings (SSSR count). The minimum absolute atomic E-state index is 0.194. The number of benzene rings is 1. The Morgan fingerprint density at radius 2 is 1.79 bits per heavy atom. The van der Waals surface area contributed by atoms with Gasteiger partial charge in [0.15, 0.2) is 0 Å². The van der Waals surface area contributed by atoms with E-state index in [1.807, 2.05) is 0 Å². The molecule has 2 aliphatic heterocycles. The third-order valence-corrected chi connectivity index (χ3v) is 10.5. The van der Waals surface area contributed by atoms with E-state index < -0.39 is 0 Å². The van der Waals surface area contributed by atoms with E-state index in [0.717, 1.165) is 31.6 Å². The van der Waals surface area contributed by atoms with Crippen LogP contribution in [0.25, 0.3) is 5.57 Å². The predicted molar refractivity (Wildman–Crippen MR) is 158 cm³/mol. The molecule has 0 bridgehead atoms. The van der Waals surface area contributed by atoms with Crippen molar-refractivity contribution in [2.45, 2.75) is 82.0 Å². The summed E-state index contributed by atoms with van der Waals surface area (Å²) >= 11 is 0. The van der Waals surface area contributed by atoms with Crippen molar-refractivity contribution < 1.29 is 4.74 Å². The molecule has 7 aliphatic rings. The molecule has 39 heavy (non-hydrogen) atoms. The van der Waals surface area contributed by atoms with Crippen molar-refractivity contribution in [3.63, 3.8) is 0 Å². The number of hydrogen-bond donors (Lipinski definition) is 1. The van der Waals surface area contributed by atoms with Gasteiger partial charge in [-0.25, -0.2) is 0 Å². The predicted octanol–water partition coefficient (Wildman–Crippen LogP) is 7.60. The molecular weight excluding hydrogens is 476 g/mol. The molecular formula is C36H40N2O. The molecule has 2 heterocycles. The molecule has 0 aromatic heterocycles. The monoisotopic (exact) mass is 516 g/mol. The zero-order valence-corrected chi connectivity index (χ0v) is 22.8. The van der Waals surface area contributed by atoms with Crippen molar-refractivity contribution in [3.05, 3.63) is 113 Å². The van der Waals surface area contributed by atoms with Crippen LogP contribution in [0.2, 0.25) is 0 Å². The quantitative estimate of drug-likeness (QED) is 0.446. The Kier molecular flexibility index (Phi) is 5.93. The molecule has 7 atom stereocenters. The fraction of sp³-hybridized carbons (Fsp3) is 0.444. The minimum atomic E-state index is 0.194. The number of likely N-dealkylation sites (tertiary alicyclic amines) is 1. The highest BCUT2D eigenvalue weighted by Gasteiger charge is 2.52. The van der Waals surface area contributed by atoms with Crippen LogP contribution in [0.5, 0.6) is 0 Å². The van der Waals surface area contributed by atoms with Crippen LogP contribution in [-0.4, -0.2) is 29.1 Å². The van der Waals surface area contributed by atoms with Gasteiger partial charge in [0.2, 0.25) is 0 Å². The topological polar surface area (TPSA) is 24.5 Å². The highest BCUT2D eigenvalue weighted by molar-refractivity contribution is 5.72. The zero-order valence-electron chi connectivity index (χ0n) is 22.8. The average Bonchev–Trinajstić information content (AvgIpc) is 3.52. The Balaban J connectivity index is 1.19. The maximum atomic E-state index is 6.40. The van der Waals surface area contributed by atoms with E-state index in [-0.39, 0.29) is 6.10 Å². The highest BCUT2D eigenvalue weighted by Crippen LogP contribution is 2.53. The maximum absolute atomic E-state index is 6.40. The van der Waals surface area contributed by atoms with E-state index in [0.29, 0.717) is 30.0 Å². The number of fused-ring (bicyclic) bond motifs is 5. The van der Waals surface area contributed by atoms with Gasteiger partial charge in [-0.2, -0.15) is 0 Å². The Hall–Kier alpha value is -3.20. The lowest BCUT2D eigenvalue weighted by Gasteiger charge is -2.40. The fourth-order valence-electron chi connectivity index (χ4n) is 8.77. The van der Waals surface area contributed by atoms with Gasteiger partial charge in [-0.1, -0.05) is 79.6 Å². The van der Waals surface area contributed by atoms with E-state index in [1.165, 1.54) is 60.3 Å². The van der Waals surface area contributed by atoms with Gasteiger partial charge >= 0.3 is 0 Å². The number of nitrogens with zero attached hydrogens (tertiary/aromatic N) is 1. The molecule has 1 saturated heterocycles. The van der Waals surface area contributed by atoms with Crippen LogP contribution >= 0.6 is 0 Å². The largest absolute Gasteiger partial charge is 0.489 e. The van der Waals surface area contributed by atoms with E-state index in [9.17, 15) is 0 Å². The number of nitrogens with one attached hydrogen (secondary N) is 1. The lowest BCUT2D eigenvalue weighted by Crippen LogP contribution is -2.42. The summed E-state index contributed by atoms with van der Waals surface area (Å²) in [4.78, 5) is 2.93. The lowest BCUT2D eigenvalue weighted by molar-refractivity contribution is 0.154. The maximum Gasteiger partial charge on any atom is 0.127 e. The van der Waals surface area contributed by atoms with E-state index in [1.54, 1.807) is 5.70 Å². The standard InChI is InChI=1S/C36H40N2O/c1-3-11-24(12-4-1)29-23-34-30(22-32(29)37-25-13-5-2-6-14-25)27-15-7-9-17-33(27)38(34)26-19-20-36-31(21-26)28-16-8-10-18-35(28)39-36/h1-5,8,10-13,16,18,21,23,27-28,30,32-35,37H,6-7,9,14-15,17,19-20,22H2. The summed E-state index contributed by atoms with van der Waals surface area (Å²) in [7, 11) is 0. The Bertz CT molecular complexity index is 1340. The molecule has 7 unspecified atom stereocenters. The third-order valence-electron chi connectivity index (χ3n) is 10.5. The van der Waals surface area contributed by atoms with E-state index in [4.69, 9.17) is 4.74 Å². The Morgan fingerprint density at radius 1 is 0.897 bits per heavy atom. The van der Waals surface area contributed by atoms with E-state index >= 15 is 0 Å². The Labute approximate surface area is 233 Å². The van der Waals surface area contributed by atoms with Crippen molar-refractivity contribution in [2.75, 3.05) is 0 Å². The zero-order chi connectivity index (χ0) is 25.8. The van der Waals surface area contributed by atoms with Crippen LogP contribution in [-0.2, 0) is 4.74 Å². The van der Waals surface area contributed by atoms with Crippen LogP contribution in [0, 0.1) is 17.8 Å². The summed E-state index contributed by atoms with van der Waals surface area (Å²) in [5.74, 6) is 3.13. The van der Waals surface area contributed by atoms with Gasteiger partial charge < -0.3 is 15.0 Å². The molecule has 1 N–H and O–H groups in total. The van der Waals surface area contributed by atoms with Crippen LogP contribution in [0.15, 0.2) is 108 Å². The summed E-state index contributed by atoms with van der Waals surface area (Å²) in [5, 5.41) is 4.04. The molecule has 1 aromatic rings. The molecule has 3 nitrogen and oxygen atoms in total. The van der Waals surface area contributed by atoms with Gasteiger partial charge in [-0.05, 0) is 79.7 Å². The molecule has 3 heteroatoms. The van der Waals surface area contributed by atoms with E-state index in [2.05, 4.69) is 95.2 Å². The molecule has 0 amide bonds. The van der Waals surface area contributed by atoms with Crippen molar-refractivity contribution in [1.82, 2.24) is 10.2 Å². The molecule has 5 aliphatic carbocycles. The van der Waals surface area contributed by atoms with Gasteiger partial charge in [-0.3, -0.25) is 0 Å². The van der Waals surface area contributed by atoms with Crippen molar-refractivity contribution in [3.8, 4) is 0 Å². The second kappa shape index (κ2) is 9.77. The minimum Gasteiger partial charge on any atom is -0.489 e. The Morgan fingerprint density at radius 3 is 2.69 bits per heavy atom. The van der Waals surface area contributed by atoms with Crippen molar-refractivity contribution >= 4 is 5.57 Å². The summed E-state index contributed by atoms with van der Waals surface area (Å²) in [6.45, 7) is 0. The molecule has 200 valence electrons. The van der Waals surface area contributed by atoms with Gasteiger partial charge in [-0.15, -0.1) is 0 Å². The van der Waals surface area contributed by atoms with Crippen LogP contribution in [0.1, 0.15) is 63.4 Å². The van der Waals surface area contributed by atoms with Gasteiger partial charge in [0.05, 0.1) is 12.1 Å². The molecule has 2 fully saturated rings. The smallest absolute Gasteiger partial charge is 0.127 e. The number of hydrogen-bond acceptors (Lipinski definition) is 3. The van der Waals surface area contributed by atoms with Crippen molar-refractivity contribution in [2.24, 2.45) is 17.8 Å². The normalized spacial score (nSPS) is 36.3. The molecule has 0 radical (unpaired) electrons. The summed E-state index contributed by atoms with van der Waals surface area (Å²) in [6, 6.07) is 12.7. The van der Waals surface area contributed by atoms with Gasteiger partial charge in [0.25, 0.3) is 0 Å². The highest BCUT2D eigenvalue weighted by atomic mass is 16.5. The van der Waals surface area contributed by atoms with Gasteiger partial charge in [0.1, 0.15) is 11.9 Å². The van der Waals surface area contributed by atoms with Crippen molar-refractivity contribution in [1.29, 1.82) is 0 Å². The second-order valence-electron chi connectivity index (χ2n) is 12.5. The molecule has 1 aromatic carbocycles. The first-order chi connectivity index (χ1) is 19.3.